The summed E-state index contributed by atoms with van der Waals surface area (Å²) in [6.45, 7) is 0.757. The number of halogens is 4. The van der Waals surface area contributed by atoms with Gasteiger partial charge in [-0.3, -0.25) is 0 Å². The van der Waals surface area contributed by atoms with Crippen molar-refractivity contribution < 1.29 is 13.2 Å². The highest BCUT2D eigenvalue weighted by Crippen LogP contribution is 2.87. The summed E-state index contributed by atoms with van der Waals surface area (Å²) < 4.78 is 35.5. The van der Waals surface area contributed by atoms with Crippen LogP contribution in [-0.4, -0.2) is 72.9 Å². The van der Waals surface area contributed by atoms with Crippen LogP contribution >= 0.6 is 46.4 Å². The molecular weight excluding hydrogens is 552 g/mol. The monoisotopic (exact) mass is 567 g/mol. The first-order valence-corrected chi connectivity index (χ1v) is 14.2. The molecule has 10 aliphatic rings. The summed E-state index contributed by atoms with van der Waals surface area (Å²) in [4.78, 5) is 25.1. The molecule has 0 radical (unpaired) electrons. The van der Waals surface area contributed by atoms with Gasteiger partial charge in [0.15, 0.2) is 13.6 Å². The summed E-state index contributed by atoms with van der Waals surface area (Å²) in [5.74, 6) is -0.842. The molecule has 9 heterocycles. The molecule has 15 heteroatoms. The van der Waals surface area contributed by atoms with Gasteiger partial charge in [-0.2, -0.15) is 0 Å². The van der Waals surface area contributed by atoms with E-state index in [1.807, 2.05) is 5.01 Å². The lowest BCUT2D eigenvalue weighted by Gasteiger charge is -2.67. The van der Waals surface area contributed by atoms with E-state index in [1.165, 1.54) is 11.7 Å². The van der Waals surface area contributed by atoms with Crippen molar-refractivity contribution in [1.82, 2.24) is 23.9 Å². The number of hydrogen-bond donors (Lipinski definition) is 0. The smallest absolute Gasteiger partial charge is 0.347 e. The predicted molar refractivity (Wildman–Crippen MR) is 120 cm³/mol. The average Bonchev–Trinajstić information content (AvgIpc) is 3.43. The van der Waals surface area contributed by atoms with E-state index in [-0.39, 0.29) is 17.1 Å². The third-order valence-electron chi connectivity index (χ3n) is 10.7. The van der Waals surface area contributed by atoms with Crippen LogP contribution in [0.1, 0.15) is 24.9 Å². The van der Waals surface area contributed by atoms with Crippen LogP contribution in [-0.2, 0) is 21.6 Å². The zero-order valence-corrected chi connectivity index (χ0v) is 21.3. The molecule has 182 valence electrons. The molecule has 0 amide bonds. The summed E-state index contributed by atoms with van der Waals surface area (Å²) in [7, 11) is -2.93. The van der Waals surface area contributed by atoms with Gasteiger partial charge in [0.25, 0.3) is 0 Å². The molecule has 1 spiro atoms. The van der Waals surface area contributed by atoms with E-state index < -0.39 is 69.7 Å². The normalized spacial score (nSPS) is 56.6. The second-order valence-corrected chi connectivity index (χ2v) is 15.4. The van der Waals surface area contributed by atoms with Crippen LogP contribution in [0.2, 0.25) is 0 Å². The number of hydrazine groups is 1. The molecule has 0 N–H and O–H groups in total. The summed E-state index contributed by atoms with van der Waals surface area (Å²) in [6.07, 6.45) is 1.55. The Morgan fingerprint density at radius 1 is 0.971 bits per heavy atom. The van der Waals surface area contributed by atoms with Gasteiger partial charge < -0.3 is 4.74 Å². The van der Waals surface area contributed by atoms with Crippen LogP contribution in [0.4, 0.5) is 0 Å². The van der Waals surface area contributed by atoms with E-state index in [9.17, 15) is 18.0 Å². The molecule has 0 unspecified atom stereocenters. The third kappa shape index (κ3) is 1.34. The number of fused-ring (bicyclic) bond motifs is 2. The topological polar surface area (TPSA) is 98.8 Å². The minimum atomic E-state index is -4.38. The molecule has 10 nitrogen and oxygen atoms in total. The highest BCUT2D eigenvalue weighted by Gasteiger charge is 2.97. The molecule has 8 aliphatic heterocycles. The molecule has 2 aliphatic carbocycles. The van der Waals surface area contributed by atoms with Crippen LogP contribution < -0.4 is 11.4 Å². The maximum Gasteiger partial charge on any atom is 0.347 e. The Labute approximate surface area is 212 Å². The standard InChI is InChI=1S/C19H17Cl4N5O5S/c1-24-14(29)26-11-8-9-12(27(26)15(24)30)16-4-33-5-17(11,16)7-3-2-6(16)25(9)28(7)18(22)10(20)13(21)34(31,32)19(8,18)23/h6-9,11-12H,2-5H2,1H3/t6-,7+,8-,9+,11+,12-,16+,17-,18+,19-/m0/s1. The number of aromatic nitrogens is 3. The Bertz CT molecular complexity index is 1570. The quantitative estimate of drug-likeness (QED) is 0.332. The lowest BCUT2D eigenvalue weighted by atomic mass is 9.43. The number of rotatable bonds is 0. The second-order valence-electron chi connectivity index (χ2n) is 11.0. The fourth-order valence-electron chi connectivity index (χ4n) is 10.1. The largest absolute Gasteiger partial charge is 0.380 e. The second kappa shape index (κ2) is 5.09. The first kappa shape index (κ1) is 20.5. The molecule has 1 aromatic rings. The fourth-order valence-corrected chi connectivity index (χ4v) is 14.7. The Hall–Kier alpha value is -0.530. The summed E-state index contributed by atoms with van der Waals surface area (Å²) in [5, 5.41) is 3.83. The molecule has 34 heavy (non-hydrogen) atoms. The van der Waals surface area contributed by atoms with Crippen LogP contribution in [0.25, 0.3) is 0 Å². The van der Waals surface area contributed by atoms with E-state index in [2.05, 4.69) is 5.01 Å². The summed E-state index contributed by atoms with van der Waals surface area (Å²) in [5.41, 5.74) is -2.03. The van der Waals surface area contributed by atoms with Gasteiger partial charge in [-0.05, 0) is 12.8 Å². The summed E-state index contributed by atoms with van der Waals surface area (Å²) in [6, 6.07) is -2.03. The predicted octanol–water partition coefficient (Wildman–Crippen LogP) is 0.482. The average molecular weight is 569 g/mol. The van der Waals surface area contributed by atoms with E-state index in [0.29, 0.717) is 19.6 Å². The number of sulfone groups is 1. The first-order valence-electron chi connectivity index (χ1n) is 11.2. The fraction of sp³-hybridized carbons (Fsp3) is 0.789. The van der Waals surface area contributed by atoms with Crippen molar-refractivity contribution in [2.45, 2.75) is 52.3 Å². The summed E-state index contributed by atoms with van der Waals surface area (Å²) >= 11 is 27.7. The Morgan fingerprint density at radius 3 is 2.24 bits per heavy atom. The lowest BCUT2D eigenvalue weighted by Crippen LogP contribution is -2.79. The lowest BCUT2D eigenvalue weighted by molar-refractivity contribution is -0.252. The van der Waals surface area contributed by atoms with Gasteiger partial charge in [-0.15, -0.1) is 0 Å². The molecular formula is C19H17Cl4N5O5S. The molecule has 1 aromatic heterocycles. The minimum Gasteiger partial charge on any atom is -0.380 e. The SMILES string of the molecule is Cn1c(=O)n2n(c1=O)[C@@H]1[C@@H]3[C@@H]4[C@H]2[C@]25COC[C@]12[C@H]1CC[C@@H]5N4N1[C@]1(Cl)C(Cl)=C(Cl)S(=O)(=O)[C@@]31Cl. The maximum atomic E-state index is 13.9. The van der Waals surface area contributed by atoms with Gasteiger partial charge in [-0.25, -0.2) is 42.0 Å². The Morgan fingerprint density at radius 2 is 1.56 bits per heavy atom. The van der Waals surface area contributed by atoms with Crippen LogP contribution in [0.3, 0.4) is 0 Å². The van der Waals surface area contributed by atoms with Crippen LogP contribution in [0, 0.1) is 16.7 Å². The van der Waals surface area contributed by atoms with E-state index in [1.54, 1.807) is 4.68 Å². The van der Waals surface area contributed by atoms with Crippen LogP contribution in [0.5, 0.6) is 0 Å². The van der Waals surface area contributed by atoms with E-state index in [4.69, 9.17) is 51.1 Å². The van der Waals surface area contributed by atoms with Gasteiger partial charge >= 0.3 is 11.4 Å². The zero-order valence-electron chi connectivity index (χ0n) is 17.5. The van der Waals surface area contributed by atoms with Gasteiger partial charge in [0, 0.05) is 35.9 Å². The highest BCUT2D eigenvalue weighted by molar-refractivity contribution is 8.00. The van der Waals surface area contributed by atoms with Gasteiger partial charge in [-0.1, -0.05) is 46.4 Å². The zero-order chi connectivity index (χ0) is 23.7. The number of nitrogens with zero attached hydrogens (tertiary/aromatic N) is 5. The van der Waals surface area contributed by atoms with E-state index in [0.717, 1.165) is 11.0 Å². The van der Waals surface area contributed by atoms with Crippen LogP contribution in [0.15, 0.2) is 19.0 Å². The van der Waals surface area contributed by atoms with Crippen molar-refractivity contribution in [1.29, 1.82) is 0 Å². The molecule has 11 rings (SSSR count). The van der Waals surface area contributed by atoms with Crippen molar-refractivity contribution in [3.63, 3.8) is 0 Å². The van der Waals surface area contributed by atoms with Gasteiger partial charge in [0.1, 0.15) is 0 Å². The van der Waals surface area contributed by atoms with Crippen molar-refractivity contribution in [2.24, 2.45) is 23.8 Å². The van der Waals surface area contributed by atoms with E-state index >= 15 is 0 Å². The molecule has 0 aromatic carbocycles. The first-order chi connectivity index (χ1) is 16.0. The molecule has 10 atom stereocenters. The van der Waals surface area contributed by atoms with Gasteiger partial charge in [0.05, 0.1) is 36.4 Å². The van der Waals surface area contributed by atoms with Gasteiger partial charge in [0.2, 0.25) is 9.84 Å². The minimum absolute atomic E-state index is 0.0538. The van der Waals surface area contributed by atoms with Crippen molar-refractivity contribution >= 4 is 56.2 Å². The molecule has 7 fully saturated rings. The van der Waals surface area contributed by atoms with Crippen molar-refractivity contribution in [2.75, 3.05) is 13.2 Å². The molecule has 7 bridgehead atoms. The highest BCUT2D eigenvalue weighted by atomic mass is 35.5. The Kier molecular flexibility index (Phi) is 3.07. The molecule has 5 saturated heterocycles. The maximum absolute atomic E-state index is 13.9. The van der Waals surface area contributed by atoms with Crippen molar-refractivity contribution in [3.05, 3.63) is 30.4 Å². The third-order valence-corrected chi connectivity index (χ3v) is 16.3. The van der Waals surface area contributed by atoms with Crippen molar-refractivity contribution in [3.8, 4) is 0 Å². The number of ether oxygens (including phenoxy) is 1. The Balaban J connectivity index is 1.53. The number of alkyl halides is 2. The molecule has 2 saturated carbocycles. The number of hydrogen-bond acceptors (Lipinski definition) is 7.